The Bertz CT molecular complexity index is 709. The molecule has 2 aromatic rings. The summed E-state index contributed by atoms with van der Waals surface area (Å²) in [5.41, 5.74) is 0. The van der Waals surface area contributed by atoms with Crippen LogP contribution in [-0.2, 0) is 9.84 Å². The summed E-state index contributed by atoms with van der Waals surface area (Å²) >= 11 is 6.71. The molecule has 0 fully saturated rings. The monoisotopic (exact) mass is 318 g/mol. The minimum absolute atomic E-state index is 0.163. The Hall–Kier alpha value is -1.24. The van der Waals surface area contributed by atoms with Gasteiger partial charge in [0.05, 0.1) is 14.8 Å². The highest BCUT2D eigenvalue weighted by Crippen LogP contribution is 2.21. The van der Waals surface area contributed by atoms with Crippen LogP contribution < -0.4 is 0 Å². The molecule has 3 nitrogen and oxygen atoms in total. The quantitative estimate of drug-likeness (QED) is 0.642. The third-order valence-electron chi connectivity index (χ3n) is 2.37. The minimum Gasteiger partial charge on any atom is -0.292 e. The van der Waals surface area contributed by atoms with E-state index in [1.807, 2.05) is 0 Å². The van der Waals surface area contributed by atoms with Gasteiger partial charge in [0.15, 0.2) is 15.6 Å². The number of carbonyl (C=O) groups excluding carboxylic acids is 1. The minimum atomic E-state index is -3.82. The molecule has 1 aromatic carbocycles. The van der Waals surface area contributed by atoms with Crippen molar-refractivity contribution in [2.45, 2.75) is 4.90 Å². The number of rotatable bonds is 4. The number of ketones is 1. The second-order valence-corrected chi connectivity index (χ2v) is 7.08. The number of Topliss-reactive ketones (excluding diaryl/α,β-unsaturated/α-hetero) is 1. The lowest BCUT2D eigenvalue weighted by molar-refractivity contribution is 0.102. The number of halogens is 2. The molecule has 1 aromatic heterocycles. The lowest BCUT2D eigenvalue weighted by Gasteiger charge is -2.04. The maximum absolute atomic E-state index is 13.0. The Kier molecular flexibility index (Phi) is 4.03. The van der Waals surface area contributed by atoms with E-state index in [-0.39, 0.29) is 9.92 Å². The van der Waals surface area contributed by atoms with Gasteiger partial charge < -0.3 is 0 Å². The molecule has 0 aliphatic heterocycles. The standard InChI is InChI=1S/C12H8ClFO3S2/c13-9-6-8(3-4-10(9)14)19(16,17)7-11(15)12-2-1-5-18-12/h1-6H,7H2. The molecule has 1 heterocycles. The molecular weight excluding hydrogens is 311 g/mol. The zero-order chi connectivity index (χ0) is 14.0. The number of thiophene rings is 1. The van der Waals surface area contributed by atoms with Crippen LogP contribution in [0.25, 0.3) is 0 Å². The van der Waals surface area contributed by atoms with E-state index in [0.717, 1.165) is 18.2 Å². The van der Waals surface area contributed by atoms with Gasteiger partial charge in [0.1, 0.15) is 11.6 Å². The second-order valence-electron chi connectivity index (χ2n) is 3.74. The maximum atomic E-state index is 13.0. The highest BCUT2D eigenvalue weighted by atomic mass is 35.5. The van der Waals surface area contributed by atoms with Gasteiger partial charge in [-0.15, -0.1) is 11.3 Å². The predicted octanol–water partition coefficient (Wildman–Crippen LogP) is 3.20. The van der Waals surface area contributed by atoms with Crippen molar-refractivity contribution in [2.24, 2.45) is 0 Å². The number of hydrogen-bond donors (Lipinski definition) is 0. The van der Waals surface area contributed by atoms with Crippen molar-refractivity contribution >= 4 is 38.6 Å². The molecule has 0 saturated heterocycles. The Morgan fingerprint density at radius 2 is 2.05 bits per heavy atom. The van der Waals surface area contributed by atoms with Crippen LogP contribution in [0.5, 0.6) is 0 Å². The first-order chi connectivity index (χ1) is 8.90. The Morgan fingerprint density at radius 1 is 1.32 bits per heavy atom. The third-order valence-corrected chi connectivity index (χ3v) is 5.18. The molecular formula is C12H8ClFO3S2. The molecule has 0 aliphatic carbocycles. The molecule has 0 spiro atoms. The fraction of sp³-hybridized carbons (Fsp3) is 0.0833. The van der Waals surface area contributed by atoms with Gasteiger partial charge in [0.25, 0.3) is 0 Å². The molecule has 100 valence electrons. The average Bonchev–Trinajstić information content (AvgIpc) is 2.85. The molecule has 2 rings (SSSR count). The summed E-state index contributed by atoms with van der Waals surface area (Å²) < 4.78 is 37.0. The van der Waals surface area contributed by atoms with Gasteiger partial charge >= 0.3 is 0 Å². The van der Waals surface area contributed by atoms with Gasteiger partial charge in [-0.3, -0.25) is 4.79 Å². The molecule has 0 aliphatic rings. The van der Waals surface area contributed by atoms with Crippen molar-refractivity contribution in [2.75, 3.05) is 5.75 Å². The zero-order valence-corrected chi connectivity index (χ0v) is 11.9. The van der Waals surface area contributed by atoms with Crippen molar-refractivity contribution in [1.82, 2.24) is 0 Å². The van der Waals surface area contributed by atoms with Crippen molar-refractivity contribution in [3.8, 4) is 0 Å². The largest absolute Gasteiger partial charge is 0.292 e. The molecule has 0 amide bonds. The van der Waals surface area contributed by atoms with Crippen LogP contribution in [0.4, 0.5) is 4.39 Å². The van der Waals surface area contributed by atoms with Crippen LogP contribution in [0, 0.1) is 5.82 Å². The summed E-state index contributed by atoms with van der Waals surface area (Å²) in [7, 11) is -3.82. The molecule has 19 heavy (non-hydrogen) atoms. The van der Waals surface area contributed by atoms with Crippen molar-refractivity contribution < 1.29 is 17.6 Å². The predicted molar refractivity (Wildman–Crippen MR) is 72.1 cm³/mol. The zero-order valence-electron chi connectivity index (χ0n) is 9.47. The molecule has 7 heteroatoms. The van der Waals surface area contributed by atoms with Crippen molar-refractivity contribution in [1.29, 1.82) is 0 Å². The highest BCUT2D eigenvalue weighted by Gasteiger charge is 2.21. The van der Waals surface area contributed by atoms with E-state index >= 15 is 0 Å². The van der Waals surface area contributed by atoms with Crippen LogP contribution in [-0.4, -0.2) is 20.0 Å². The van der Waals surface area contributed by atoms with E-state index in [9.17, 15) is 17.6 Å². The lowest BCUT2D eigenvalue weighted by atomic mass is 10.3. The molecule has 0 bridgehead atoms. The summed E-state index contributed by atoms with van der Waals surface area (Å²) in [6.45, 7) is 0. The summed E-state index contributed by atoms with van der Waals surface area (Å²) in [6.07, 6.45) is 0. The van der Waals surface area contributed by atoms with E-state index < -0.39 is 27.2 Å². The van der Waals surface area contributed by atoms with Gasteiger partial charge in [0, 0.05) is 0 Å². The van der Waals surface area contributed by atoms with Crippen LogP contribution in [0.1, 0.15) is 9.67 Å². The summed E-state index contributed by atoms with van der Waals surface area (Å²) in [6, 6.07) is 6.29. The third kappa shape index (κ3) is 3.20. The number of sulfone groups is 1. The topological polar surface area (TPSA) is 51.2 Å². The number of benzene rings is 1. The molecule has 0 radical (unpaired) electrons. The first kappa shape index (κ1) is 14.2. The fourth-order valence-corrected chi connectivity index (χ4v) is 3.68. The van der Waals surface area contributed by atoms with Crippen molar-refractivity contribution in [3.63, 3.8) is 0 Å². The number of carbonyl (C=O) groups is 1. The number of hydrogen-bond acceptors (Lipinski definition) is 4. The molecule has 0 N–H and O–H groups in total. The van der Waals surface area contributed by atoms with Gasteiger partial charge in [-0.2, -0.15) is 0 Å². The molecule has 0 saturated carbocycles. The first-order valence-electron chi connectivity index (χ1n) is 5.14. The average molecular weight is 319 g/mol. The normalized spacial score (nSPS) is 11.5. The lowest BCUT2D eigenvalue weighted by Crippen LogP contribution is -2.15. The van der Waals surface area contributed by atoms with Crippen LogP contribution >= 0.6 is 22.9 Å². The van der Waals surface area contributed by atoms with Crippen molar-refractivity contribution in [3.05, 3.63) is 51.4 Å². The Labute approximate surface area is 118 Å². The van der Waals surface area contributed by atoms with E-state index in [4.69, 9.17) is 11.6 Å². The van der Waals surface area contributed by atoms with Gasteiger partial charge in [-0.05, 0) is 29.6 Å². The smallest absolute Gasteiger partial charge is 0.188 e. The highest BCUT2D eigenvalue weighted by molar-refractivity contribution is 7.92. The summed E-state index contributed by atoms with van der Waals surface area (Å²) in [5.74, 6) is -1.85. The summed E-state index contributed by atoms with van der Waals surface area (Å²) in [5, 5.41) is 1.40. The van der Waals surface area contributed by atoms with E-state index in [1.54, 1.807) is 17.5 Å². The van der Waals surface area contributed by atoms with Crippen LogP contribution in [0.15, 0.2) is 40.6 Å². The Balaban J connectivity index is 2.28. The van der Waals surface area contributed by atoms with Crippen LogP contribution in [0.3, 0.4) is 0 Å². The van der Waals surface area contributed by atoms with Gasteiger partial charge in [-0.1, -0.05) is 17.7 Å². The maximum Gasteiger partial charge on any atom is 0.188 e. The SMILES string of the molecule is O=C(CS(=O)(=O)c1ccc(F)c(Cl)c1)c1cccs1. The van der Waals surface area contributed by atoms with Gasteiger partial charge in [-0.25, -0.2) is 12.8 Å². The first-order valence-corrected chi connectivity index (χ1v) is 8.05. The summed E-state index contributed by atoms with van der Waals surface area (Å²) in [4.78, 5) is 12.0. The van der Waals surface area contributed by atoms with Gasteiger partial charge in [0.2, 0.25) is 0 Å². The van der Waals surface area contributed by atoms with E-state index in [0.29, 0.717) is 4.88 Å². The second kappa shape index (κ2) is 5.40. The Morgan fingerprint density at radius 3 is 2.63 bits per heavy atom. The molecule has 0 atom stereocenters. The van der Waals surface area contributed by atoms with E-state index in [1.165, 1.54) is 11.3 Å². The van der Waals surface area contributed by atoms with E-state index in [2.05, 4.69) is 0 Å². The van der Waals surface area contributed by atoms with Crippen LogP contribution in [0.2, 0.25) is 5.02 Å². The fourth-order valence-electron chi connectivity index (χ4n) is 1.43. The molecule has 0 unspecified atom stereocenters.